The second-order valence-electron chi connectivity index (χ2n) is 8.34. The van der Waals surface area contributed by atoms with Crippen molar-refractivity contribution in [3.63, 3.8) is 0 Å². The summed E-state index contributed by atoms with van der Waals surface area (Å²) >= 11 is 4.39. The Labute approximate surface area is 194 Å². The molecule has 154 valence electrons. The van der Waals surface area contributed by atoms with Gasteiger partial charge in [0.05, 0.1) is 0 Å². The van der Waals surface area contributed by atoms with Crippen LogP contribution in [0.1, 0.15) is 48.8 Å². The molecule has 4 aliphatic rings. The van der Waals surface area contributed by atoms with E-state index in [-0.39, 0.29) is 12.1 Å². The number of hydrogen-bond acceptors (Lipinski definition) is 4. The number of anilines is 1. The molecule has 2 saturated heterocycles. The van der Waals surface area contributed by atoms with Crippen LogP contribution >= 0.6 is 49.4 Å². The normalized spacial score (nSPS) is 27.6. The molecule has 8 heteroatoms. The van der Waals surface area contributed by atoms with Crippen LogP contribution in [0, 0.1) is 5.92 Å². The van der Waals surface area contributed by atoms with Gasteiger partial charge in [-0.05, 0) is 18.8 Å². The fourth-order valence-corrected chi connectivity index (χ4v) is 10.9. The van der Waals surface area contributed by atoms with Gasteiger partial charge >= 0.3 is 177 Å². The number of fused-ring (bicyclic) bond motifs is 5. The van der Waals surface area contributed by atoms with E-state index in [2.05, 4.69) is 63.4 Å². The second-order valence-corrected chi connectivity index (χ2v) is 31.6. The number of ether oxygens (including phenoxy) is 1. The van der Waals surface area contributed by atoms with Crippen molar-refractivity contribution in [2.45, 2.75) is 37.6 Å². The van der Waals surface area contributed by atoms with Crippen LogP contribution in [0.5, 0.6) is 0 Å². The van der Waals surface area contributed by atoms with Crippen molar-refractivity contribution in [1.29, 1.82) is 0 Å². The summed E-state index contributed by atoms with van der Waals surface area (Å²) in [6, 6.07) is 7.25. The quantitative estimate of drug-likeness (QED) is 0.295. The third-order valence-corrected chi connectivity index (χ3v) is 15.5. The van der Waals surface area contributed by atoms with Gasteiger partial charge in [-0.3, -0.25) is 0 Å². The zero-order chi connectivity index (χ0) is 19.3. The maximum absolute atomic E-state index is 12.7. The molecular weight excluding hydrogens is 695 g/mol. The van der Waals surface area contributed by atoms with Crippen LogP contribution in [-0.2, 0) is 4.74 Å². The van der Waals surface area contributed by atoms with Crippen LogP contribution in [0.3, 0.4) is 0 Å². The SMILES string of the molecule is O=C(OCC1CC1)N1CCC2CC1c1cc(N3CCN(I(I)I)CC3)ccc12. The monoisotopic (exact) mass is 721 g/mol. The molecule has 3 fully saturated rings. The van der Waals surface area contributed by atoms with E-state index in [0.717, 1.165) is 32.5 Å². The molecule has 2 atom stereocenters. The molecule has 0 N–H and O–H groups in total. The molecule has 1 aromatic rings. The minimum absolute atomic E-state index is 0.0945. The summed E-state index contributed by atoms with van der Waals surface area (Å²) in [6.07, 6.45) is 4.48. The molecule has 5 nitrogen and oxygen atoms in total. The Bertz CT molecular complexity index is 750. The first-order valence-electron chi connectivity index (χ1n) is 10.2. The number of benzene rings is 1. The Morgan fingerprint density at radius 2 is 1.86 bits per heavy atom. The van der Waals surface area contributed by atoms with Gasteiger partial charge in [0.25, 0.3) is 0 Å². The topological polar surface area (TPSA) is 36.0 Å². The molecule has 2 heterocycles. The molecule has 1 saturated carbocycles. The van der Waals surface area contributed by atoms with Gasteiger partial charge in [-0.1, -0.05) is 0 Å². The molecule has 2 bridgehead atoms. The molecule has 0 spiro atoms. The van der Waals surface area contributed by atoms with Gasteiger partial charge in [-0.15, -0.1) is 0 Å². The number of halogens is 3. The Morgan fingerprint density at radius 3 is 2.57 bits per heavy atom. The van der Waals surface area contributed by atoms with Gasteiger partial charge in [-0.2, -0.15) is 0 Å². The van der Waals surface area contributed by atoms with E-state index in [1.807, 2.05) is 4.90 Å². The standard InChI is InChI=1S/C20H26I3N3O2/c21-23(22)25-9-7-24(8-10-25)16-3-4-17-15-5-6-26(19(11-15)18(17)12-16)20(27)28-13-14-1-2-14/h3-4,12,14-15,19H,1-2,5-11,13H2. The van der Waals surface area contributed by atoms with Gasteiger partial charge in [0.15, 0.2) is 0 Å². The Morgan fingerprint density at radius 1 is 1.07 bits per heavy atom. The molecule has 0 radical (unpaired) electrons. The second kappa shape index (κ2) is 8.52. The number of hydrogen-bond donors (Lipinski definition) is 0. The van der Waals surface area contributed by atoms with Crippen molar-refractivity contribution in [3.8, 4) is 0 Å². The summed E-state index contributed by atoms with van der Waals surface area (Å²) in [5.41, 5.74) is 4.18. The third kappa shape index (κ3) is 4.12. The average molecular weight is 721 g/mol. The first kappa shape index (κ1) is 20.3. The van der Waals surface area contributed by atoms with E-state index in [0.29, 0.717) is 18.4 Å². The number of carbonyl (C=O) groups excluding carboxylic acids is 1. The molecule has 0 aromatic heterocycles. The Kier molecular flexibility index (Phi) is 6.19. The van der Waals surface area contributed by atoms with Crippen molar-refractivity contribution in [1.82, 2.24) is 8.01 Å². The van der Waals surface area contributed by atoms with Crippen LogP contribution < -0.4 is 4.90 Å². The molecule has 1 aromatic carbocycles. The molecular formula is C20H26I3N3O2. The fraction of sp³-hybridized carbons (Fsp3) is 0.650. The van der Waals surface area contributed by atoms with Crippen LogP contribution in [0.15, 0.2) is 18.2 Å². The number of piperazine rings is 1. The summed E-state index contributed by atoms with van der Waals surface area (Å²) in [7, 11) is 0. The average Bonchev–Trinajstić information content (AvgIpc) is 3.51. The van der Waals surface area contributed by atoms with Crippen molar-refractivity contribution in [2.75, 3.05) is 44.2 Å². The number of nitrogens with zero attached hydrogens (tertiary/aromatic N) is 3. The van der Waals surface area contributed by atoms with Gasteiger partial charge in [0, 0.05) is 0 Å². The van der Waals surface area contributed by atoms with Crippen LogP contribution in [-0.4, -0.2) is 53.4 Å². The van der Waals surface area contributed by atoms with Crippen LogP contribution in [0.4, 0.5) is 10.5 Å². The van der Waals surface area contributed by atoms with Crippen molar-refractivity contribution in [3.05, 3.63) is 29.3 Å². The molecule has 5 rings (SSSR count). The number of rotatable bonds is 4. The molecule has 2 aliphatic carbocycles. The summed E-state index contributed by atoms with van der Waals surface area (Å²) in [6.45, 7) is 6.03. The zero-order valence-corrected chi connectivity index (χ0v) is 22.3. The van der Waals surface area contributed by atoms with E-state index >= 15 is 0 Å². The van der Waals surface area contributed by atoms with Gasteiger partial charge in [-0.25, -0.2) is 0 Å². The van der Waals surface area contributed by atoms with Crippen molar-refractivity contribution >= 4 is 61.2 Å². The van der Waals surface area contributed by atoms with Crippen molar-refractivity contribution < 1.29 is 9.53 Å². The predicted molar refractivity (Wildman–Crippen MR) is 138 cm³/mol. The Hall–Kier alpha value is 0.440. The van der Waals surface area contributed by atoms with Gasteiger partial charge < -0.3 is 0 Å². The van der Waals surface area contributed by atoms with E-state index < -0.39 is 12.1 Å². The van der Waals surface area contributed by atoms with Gasteiger partial charge in [0.1, 0.15) is 0 Å². The fourth-order valence-electron chi connectivity index (χ4n) is 4.81. The van der Waals surface area contributed by atoms with E-state index in [4.69, 9.17) is 4.74 Å². The molecule has 2 unspecified atom stereocenters. The number of piperidine rings is 1. The number of carbonyl (C=O) groups is 1. The van der Waals surface area contributed by atoms with E-state index in [1.165, 1.54) is 42.7 Å². The first-order chi connectivity index (χ1) is 13.6. The molecule has 2 aliphatic heterocycles. The summed E-state index contributed by atoms with van der Waals surface area (Å²) in [5.74, 6) is 1.24. The van der Waals surface area contributed by atoms with Crippen LogP contribution in [0.2, 0.25) is 0 Å². The van der Waals surface area contributed by atoms with E-state index in [9.17, 15) is 4.79 Å². The van der Waals surface area contributed by atoms with Crippen molar-refractivity contribution in [2.24, 2.45) is 5.92 Å². The number of likely N-dealkylation sites (tertiary alicyclic amines) is 1. The predicted octanol–water partition coefficient (Wildman–Crippen LogP) is 5.71. The van der Waals surface area contributed by atoms with E-state index in [1.54, 1.807) is 0 Å². The number of amides is 1. The van der Waals surface area contributed by atoms with Crippen LogP contribution in [0.25, 0.3) is 0 Å². The summed E-state index contributed by atoms with van der Waals surface area (Å²) < 4.78 is 8.31. The Balaban J connectivity index is 1.31. The zero-order valence-electron chi connectivity index (χ0n) is 15.8. The first-order valence-corrected chi connectivity index (χ1v) is 23.7. The summed E-state index contributed by atoms with van der Waals surface area (Å²) in [4.78, 5) is 17.2. The molecule has 28 heavy (non-hydrogen) atoms. The minimum atomic E-state index is -0.911. The molecule has 1 amide bonds. The maximum atomic E-state index is 12.7. The van der Waals surface area contributed by atoms with Gasteiger partial charge in [0.2, 0.25) is 0 Å². The summed E-state index contributed by atoms with van der Waals surface area (Å²) in [5, 5.41) is 0. The third-order valence-electron chi connectivity index (χ3n) is 6.62.